The van der Waals surface area contributed by atoms with Crippen LogP contribution in [0.15, 0.2) is 30.7 Å². The number of nitrogens with zero attached hydrogens (tertiary/aromatic N) is 4. The molecule has 2 heterocycles. The molecule has 0 fully saturated rings. The van der Waals surface area contributed by atoms with Gasteiger partial charge in [-0.2, -0.15) is 0 Å². The highest BCUT2D eigenvalue weighted by Crippen LogP contribution is 2.21. The average Bonchev–Trinajstić information content (AvgIpc) is 2.54. The zero-order valence-electron chi connectivity index (χ0n) is 13.1. The number of methoxy groups -OCH3 is 1. The van der Waals surface area contributed by atoms with Gasteiger partial charge in [-0.25, -0.2) is 19.9 Å². The molecule has 0 radical (unpaired) electrons. The lowest BCUT2D eigenvalue weighted by Crippen LogP contribution is -2.09. The van der Waals surface area contributed by atoms with E-state index < -0.39 is 0 Å². The van der Waals surface area contributed by atoms with Crippen LogP contribution in [0.25, 0.3) is 10.9 Å². The Labute approximate surface area is 134 Å². The Balaban J connectivity index is 1.82. The van der Waals surface area contributed by atoms with Crippen molar-refractivity contribution in [1.29, 1.82) is 0 Å². The van der Waals surface area contributed by atoms with Crippen molar-refractivity contribution in [1.82, 2.24) is 19.9 Å². The van der Waals surface area contributed by atoms with E-state index in [0.29, 0.717) is 24.8 Å². The second kappa shape index (κ2) is 6.53. The zero-order chi connectivity index (χ0) is 16.2. The molecule has 3 aromatic rings. The number of aromatic nitrogens is 4. The van der Waals surface area contributed by atoms with Crippen molar-refractivity contribution in [2.45, 2.75) is 20.1 Å². The van der Waals surface area contributed by atoms with E-state index in [0.717, 1.165) is 27.8 Å². The third-order valence-corrected chi connectivity index (χ3v) is 3.46. The van der Waals surface area contributed by atoms with Gasteiger partial charge in [0, 0.05) is 30.8 Å². The molecule has 0 saturated heterocycles. The van der Waals surface area contributed by atoms with Gasteiger partial charge in [-0.1, -0.05) is 11.6 Å². The van der Waals surface area contributed by atoms with Crippen LogP contribution in [-0.4, -0.2) is 27.0 Å². The number of nitrogens with two attached hydrogens (primary N) is 1. The van der Waals surface area contributed by atoms with Crippen molar-refractivity contribution in [3.05, 3.63) is 47.7 Å². The molecule has 0 atom stereocenters. The monoisotopic (exact) mass is 310 g/mol. The van der Waals surface area contributed by atoms with Gasteiger partial charge in [-0.05, 0) is 19.1 Å². The largest absolute Gasteiger partial charge is 0.383 e. The van der Waals surface area contributed by atoms with Gasteiger partial charge < -0.3 is 15.8 Å². The second-order valence-electron chi connectivity index (χ2n) is 5.23. The summed E-state index contributed by atoms with van der Waals surface area (Å²) in [7, 11) is 1.59. The van der Waals surface area contributed by atoms with Gasteiger partial charge in [0.1, 0.15) is 24.6 Å². The molecular weight excluding hydrogens is 292 g/mol. The molecule has 0 spiro atoms. The van der Waals surface area contributed by atoms with Gasteiger partial charge in [0.2, 0.25) is 0 Å². The molecule has 0 aliphatic rings. The minimum absolute atomic E-state index is 0.341. The highest BCUT2D eigenvalue weighted by Gasteiger charge is 2.07. The smallest absolute Gasteiger partial charge is 0.156 e. The van der Waals surface area contributed by atoms with Gasteiger partial charge in [-0.3, -0.25) is 0 Å². The van der Waals surface area contributed by atoms with Crippen LogP contribution >= 0.6 is 0 Å². The summed E-state index contributed by atoms with van der Waals surface area (Å²) in [5.74, 6) is 1.77. The number of nitrogens with one attached hydrogen (secondary N) is 1. The molecule has 7 heteroatoms. The number of benzene rings is 1. The van der Waals surface area contributed by atoms with Gasteiger partial charge in [0.25, 0.3) is 0 Å². The lowest BCUT2D eigenvalue weighted by Gasteiger charge is -2.10. The molecule has 3 N–H and O–H groups in total. The maximum Gasteiger partial charge on any atom is 0.156 e. The number of anilines is 2. The summed E-state index contributed by atoms with van der Waals surface area (Å²) in [6.45, 7) is 2.86. The Morgan fingerprint density at radius 2 is 2.09 bits per heavy atom. The van der Waals surface area contributed by atoms with E-state index in [2.05, 4.69) is 31.3 Å². The molecule has 1 aromatic carbocycles. The summed E-state index contributed by atoms with van der Waals surface area (Å²) in [5.41, 5.74) is 8.83. The van der Waals surface area contributed by atoms with Gasteiger partial charge in [-0.15, -0.1) is 0 Å². The highest BCUT2D eigenvalue weighted by molar-refractivity contribution is 5.89. The maximum absolute atomic E-state index is 5.97. The third-order valence-electron chi connectivity index (χ3n) is 3.46. The third kappa shape index (κ3) is 3.35. The van der Waals surface area contributed by atoms with Gasteiger partial charge >= 0.3 is 0 Å². The zero-order valence-corrected chi connectivity index (χ0v) is 13.1. The second-order valence-corrected chi connectivity index (χ2v) is 5.23. The van der Waals surface area contributed by atoms with Crippen LogP contribution in [0.3, 0.4) is 0 Å². The summed E-state index contributed by atoms with van der Waals surface area (Å²) in [4.78, 5) is 17.0. The molecule has 2 aromatic heterocycles. The van der Waals surface area contributed by atoms with E-state index in [-0.39, 0.29) is 0 Å². The molecular formula is C16H18N6O. The summed E-state index contributed by atoms with van der Waals surface area (Å²) in [6, 6.07) is 6.06. The predicted octanol–water partition coefficient (Wildman–Crippen LogP) is 2.07. The SMILES string of the molecule is COCc1ncc(CNc2ncnc3ccc(C)cc23)c(N)n1. The Kier molecular flexibility index (Phi) is 4.29. The summed E-state index contributed by atoms with van der Waals surface area (Å²) < 4.78 is 5.00. The number of aryl methyl sites for hydroxylation is 1. The summed E-state index contributed by atoms with van der Waals surface area (Å²) in [5, 5.41) is 4.26. The van der Waals surface area contributed by atoms with E-state index in [1.807, 2.05) is 19.1 Å². The fourth-order valence-electron chi connectivity index (χ4n) is 2.28. The predicted molar refractivity (Wildman–Crippen MR) is 88.8 cm³/mol. The number of nitrogen functional groups attached to an aromatic ring is 1. The van der Waals surface area contributed by atoms with Crippen LogP contribution in [-0.2, 0) is 17.9 Å². The van der Waals surface area contributed by atoms with E-state index in [1.54, 1.807) is 19.6 Å². The van der Waals surface area contributed by atoms with Crippen molar-refractivity contribution in [3.8, 4) is 0 Å². The Morgan fingerprint density at radius 3 is 2.87 bits per heavy atom. The van der Waals surface area contributed by atoms with Crippen molar-refractivity contribution in [2.24, 2.45) is 0 Å². The molecule has 23 heavy (non-hydrogen) atoms. The molecule has 0 bridgehead atoms. The van der Waals surface area contributed by atoms with Crippen LogP contribution in [0.4, 0.5) is 11.6 Å². The number of fused-ring (bicyclic) bond motifs is 1. The van der Waals surface area contributed by atoms with Crippen LogP contribution in [0.1, 0.15) is 17.0 Å². The minimum atomic E-state index is 0.341. The topological polar surface area (TPSA) is 98.8 Å². The Bertz CT molecular complexity index is 836. The number of hydrogen-bond donors (Lipinski definition) is 2. The van der Waals surface area contributed by atoms with Gasteiger partial charge in [0.05, 0.1) is 5.52 Å². The Morgan fingerprint density at radius 1 is 1.22 bits per heavy atom. The van der Waals surface area contributed by atoms with Crippen LogP contribution < -0.4 is 11.1 Å². The van der Waals surface area contributed by atoms with Crippen LogP contribution in [0, 0.1) is 6.92 Å². The molecule has 0 unspecified atom stereocenters. The maximum atomic E-state index is 5.97. The van der Waals surface area contributed by atoms with E-state index in [1.165, 1.54) is 0 Å². The van der Waals surface area contributed by atoms with E-state index >= 15 is 0 Å². The molecule has 118 valence electrons. The highest BCUT2D eigenvalue weighted by atomic mass is 16.5. The quantitative estimate of drug-likeness (QED) is 0.744. The molecule has 3 rings (SSSR count). The molecule has 0 amide bonds. The number of ether oxygens (including phenoxy) is 1. The first-order valence-corrected chi connectivity index (χ1v) is 7.22. The minimum Gasteiger partial charge on any atom is -0.383 e. The van der Waals surface area contributed by atoms with Gasteiger partial charge in [0.15, 0.2) is 5.82 Å². The normalized spacial score (nSPS) is 10.9. The molecule has 0 saturated carbocycles. The van der Waals surface area contributed by atoms with Crippen molar-refractivity contribution >= 4 is 22.5 Å². The molecule has 0 aliphatic carbocycles. The number of rotatable bonds is 5. The van der Waals surface area contributed by atoms with Crippen molar-refractivity contribution < 1.29 is 4.74 Å². The van der Waals surface area contributed by atoms with Crippen molar-refractivity contribution in [2.75, 3.05) is 18.2 Å². The van der Waals surface area contributed by atoms with Crippen LogP contribution in [0.5, 0.6) is 0 Å². The lowest BCUT2D eigenvalue weighted by atomic mass is 10.1. The Hall–Kier alpha value is -2.80. The summed E-state index contributed by atoms with van der Waals surface area (Å²) >= 11 is 0. The standard InChI is InChI=1S/C16H18N6O/c1-10-3-4-13-12(5-10)16(21-9-20-13)19-7-11-6-18-14(8-23-2)22-15(11)17/h3-6,9H,7-8H2,1-2H3,(H2,17,18,22)(H,19,20,21). The molecule has 7 nitrogen and oxygen atoms in total. The first-order valence-electron chi connectivity index (χ1n) is 7.22. The van der Waals surface area contributed by atoms with E-state index in [9.17, 15) is 0 Å². The van der Waals surface area contributed by atoms with Crippen molar-refractivity contribution in [3.63, 3.8) is 0 Å². The molecule has 0 aliphatic heterocycles. The summed E-state index contributed by atoms with van der Waals surface area (Å²) in [6.07, 6.45) is 3.25. The fourth-order valence-corrected chi connectivity index (χ4v) is 2.28. The van der Waals surface area contributed by atoms with E-state index in [4.69, 9.17) is 10.5 Å². The lowest BCUT2D eigenvalue weighted by molar-refractivity contribution is 0.178. The fraction of sp³-hybridized carbons (Fsp3) is 0.250. The first-order chi connectivity index (χ1) is 11.2. The van der Waals surface area contributed by atoms with Crippen LogP contribution in [0.2, 0.25) is 0 Å². The first kappa shape index (κ1) is 15.1. The number of hydrogen-bond acceptors (Lipinski definition) is 7. The average molecular weight is 310 g/mol.